The zero-order chi connectivity index (χ0) is 22.8. The van der Waals surface area contributed by atoms with Crippen LogP contribution in [0, 0.1) is 5.41 Å². The lowest BCUT2D eigenvalue weighted by molar-refractivity contribution is -0.140. The molecule has 2 rings (SSSR count). The molecule has 0 aromatic heterocycles. The number of nitrogens with two attached hydrogens (primary N) is 2. The number of carbonyl (C=O) groups excluding carboxylic acids is 3. The molecule has 7 N–H and O–H groups in total. The van der Waals surface area contributed by atoms with Gasteiger partial charge in [0.1, 0.15) is 6.04 Å². The lowest BCUT2D eigenvalue weighted by Gasteiger charge is -2.28. The highest BCUT2D eigenvalue weighted by molar-refractivity contribution is 6.28. The van der Waals surface area contributed by atoms with Crippen LogP contribution in [0.5, 0.6) is 0 Å². The van der Waals surface area contributed by atoms with Crippen LogP contribution in [0.4, 0.5) is 0 Å². The summed E-state index contributed by atoms with van der Waals surface area (Å²) >= 11 is 5.70. The van der Waals surface area contributed by atoms with E-state index in [0.29, 0.717) is 45.2 Å². The maximum absolute atomic E-state index is 12.9. The third-order valence-corrected chi connectivity index (χ3v) is 5.54. The number of ketones is 1. The van der Waals surface area contributed by atoms with Crippen LogP contribution in [0.1, 0.15) is 31.2 Å². The molecule has 3 atom stereocenters. The van der Waals surface area contributed by atoms with Gasteiger partial charge in [0, 0.05) is 13.1 Å². The number of Topliss-reactive ketones (excluding diaryl/α,β-unsaturated/α-hetero) is 1. The Morgan fingerprint density at radius 1 is 1.26 bits per heavy atom. The van der Waals surface area contributed by atoms with E-state index in [0.717, 1.165) is 5.56 Å². The molecule has 0 saturated carbocycles. The monoisotopic (exact) mass is 450 g/mol. The fourth-order valence-corrected chi connectivity index (χ4v) is 3.86. The molecule has 1 aliphatic heterocycles. The third-order valence-electron chi connectivity index (χ3n) is 5.28. The number of halogens is 1. The van der Waals surface area contributed by atoms with Crippen molar-refractivity contribution in [2.45, 2.75) is 50.2 Å². The Bertz CT molecular complexity index is 776. The average molecular weight is 451 g/mol. The van der Waals surface area contributed by atoms with E-state index in [1.165, 1.54) is 4.90 Å². The van der Waals surface area contributed by atoms with Gasteiger partial charge >= 0.3 is 0 Å². The number of likely N-dealkylation sites (tertiary alicyclic amines) is 1. The Balaban J connectivity index is 1.96. The molecule has 0 spiro atoms. The molecule has 1 heterocycles. The van der Waals surface area contributed by atoms with E-state index in [-0.39, 0.29) is 29.4 Å². The van der Waals surface area contributed by atoms with Crippen molar-refractivity contribution in [2.75, 3.05) is 19.0 Å². The summed E-state index contributed by atoms with van der Waals surface area (Å²) in [7, 11) is 0. The van der Waals surface area contributed by atoms with Gasteiger partial charge in [0.2, 0.25) is 11.8 Å². The third kappa shape index (κ3) is 7.52. The van der Waals surface area contributed by atoms with Gasteiger partial charge in [0.05, 0.1) is 18.0 Å². The lowest BCUT2D eigenvalue weighted by Crippen LogP contribution is -2.54. The quantitative estimate of drug-likeness (QED) is 0.139. The zero-order valence-corrected chi connectivity index (χ0v) is 18.2. The second kappa shape index (κ2) is 12.3. The number of hydrogen-bond acceptors (Lipinski definition) is 5. The first-order chi connectivity index (χ1) is 14.8. The molecule has 31 heavy (non-hydrogen) atoms. The first-order valence-corrected chi connectivity index (χ1v) is 10.9. The smallest absolute Gasteiger partial charge is 0.243 e. The van der Waals surface area contributed by atoms with E-state index in [1.807, 2.05) is 30.3 Å². The van der Waals surface area contributed by atoms with Gasteiger partial charge in [-0.2, -0.15) is 0 Å². The molecule has 0 bridgehead atoms. The summed E-state index contributed by atoms with van der Waals surface area (Å²) in [6, 6.07) is 7.33. The van der Waals surface area contributed by atoms with Gasteiger partial charge in [-0.1, -0.05) is 30.3 Å². The summed E-state index contributed by atoms with van der Waals surface area (Å²) in [4.78, 5) is 39.5. The largest absolute Gasteiger partial charge is 0.370 e. The second-order valence-corrected chi connectivity index (χ2v) is 7.90. The summed E-state index contributed by atoms with van der Waals surface area (Å²) in [5.74, 6) is -1.32. The molecule has 1 aliphatic rings. The minimum Gasteiger partial charge on any atom is -0.370 e. The van der Waals surface area contributed by atoms with Crippen molar-refractivity contribution in [3.8, 4) is 0 Å². The predicted molar refractivity (Wildman–Crippen MR) is 120 cm³/mol. The molecule has 9 nitrogen and oxygen atoms in total. The van der Waals surface area contributed by atoms with E-state index in [2.05, 4.69) is 10.6 Å². The molecule has 170 valence electrons. The van der Waals surface area contributed by atoms with Crippen LogP contribution in [-0.2, 0) is 20.8 Å². The van der Waals surface area contributed by atoms with Crippen molar-refractivity contribution < 1.29 is 14.4 Å². The fraction of sp³-hybridized carbons (Fsp3) is 0.524. The topological polar surface area (TPSA) is 154 Å². The van der Waals surface area contributed by atoms with Crippen LogP contribution >= 0.6 is 11.6 Å². The van der Waals surface area contributed by atoms with Crippen molar-refractivity contribution in [1.29, 1.82) is 5.41 Å². The normalized spacial score (nSPS) is 17.6. The van der Waals surface area contributed by atoms with Gasteiger partial charge < -0.3 is 27.0 Å². The molecule has 1 aromatic carbocycles. The van der Waals surface area contributed by atoms with Crippen molar-refractivity contribution in [1.82, 2.24) is 15.5 Å². The Morgan fingerprint density at radius 2 is 1.97 bits per heavy atom. The number of nitrogens with one attached hydrogen (secondary N) is 3. The molecule has 0 radical (unpaired) electrons. The van der Waals surface area contributed by atoms with Crippen LogP contribution in [0.15, 0.2) is 30.3 Å². The first-order valence-electron chi connectivity index (χ1n) is 10.4. The molecule has 2 unspecified atom stereocenters. The van der Waals surface area contributed by atoms with E-state index in [9.17, 15) is 14.4 Å². The predicted octanol–water partition coefficient (Wildman–Crippen LogP) is 0.103. The van der Waals surface area contributed by atoms with Crippen LogP contribution in [-0.4, -0.2) is 65.6 Å². The SMILES string of the molecule is N=C(N)NCCCC(NC(=O)[C@@H]1CCCN1C(=O)C(N)Cc1ccccc1)C(=O)CCl. The Kier molecular flexibility index (Phi) is 9.74. The van der Waals surface area contributed by atoms with Gasteiger partial charge in [-0.05, 0) is 37.7 Å². The Morgan fingerprint density at radius 3 is 2.61 bits per heavy atom. The second-order valence-electron chi connectivity index (χ2n) is 7.63. The zero-order valence-electron chi connectivity index (χ0n) is 17.5. The summed E-state index contributed by atoms with van der Waals surface area (Å²) in [5.41, 5.74) is 12.3. The molecule has 2 amide bonds. The highest BCUT2D eigenvalue weighted by Crippen LogP contribution is 2.20. The number of benzene rings is 1. The maximum atomic E-state index is 12.9. The van der Waals surface area contributed by atoms with Crippen LogP contribution in [0.2, 0.25) is 0 Å². The van der Waals surface area contributed by atoms with E-state index < -0.39 is 18.1 Å². The summed E-state index contributed by atoms with van der Waals surface area (Å²) in [6.07, 6.45) is 2.47. The number of nitrogens with zero attached hydrogens (tertiary/aromatic N) is 1. The molecule has 1 aromatic rings. The summed E-state index contributed by atoms with van der Waals surface area (Å²) in [6.45, 7) is 0.857. The molecular formula is C21H31ClN6O3. The average Bonchev–Trinajstić information content (AvgIpc) is 3.25. The number of hydrogen-bond donors (Lipinski definition) is 5. The minimum absolute atomic E-state index is 0.156. The fourth-order valence-electron chi connectivity index (χ4n) is 3.68. The molecule has 0 aliphatic carbocycles. The first kappa shape index (κ1) is 24.6. The molecule has 1 saturated heterocycles. The number of carbonyl (C=O) groups is 3. The van der Waals surface area contributed by atoms with Crippen LogP contribution in [0.3, 0.4) is 0 Å². The van der Waals surface area contributed by atoms with Gasteiger partial charge in [-0.3, -0.25) is 19.8 Å². The van der Waals surface area contributed by atoms with Crippen LogP contribution in [0.25, 0.3) is 0 Å². The van der Waals surface area contributed by atoms with Gasteiger partial charge in [-0.15, -0.1) is 11.6 Å². The van der Waals surface area contributed by atoms with Crippen LogP contribution < -0.4 is 22.1 Å². The minimum atomic E-state index is -0.755. The number of amides is 2. The van der Waals surface area contributed by atoms with Gasteiger partial charge in [0.25, 0.3) is 0 Å². The highest BCUT2D eigenvalue weighted by atomic mass is 35.5. The van der Waals surface area contributed by atoms with E-state index >= 15 is 0 Å². The van der Waals surface area contributed by atoms with Crippen molar-refractivity contribution in [2.24, 2.45) is 11.5 Å². The standard InChI is InChI=1S/C21H31ClN6O3/c22-13-18(29)16(8-4-10-26-21(24)25)27-19(30)17-9-5-11-28(17)20(31)15(23)12-14-6-2-1-3-7-14/h1-3,6-7,15-17H,4-5,8-13,23H2,(H,27,30)(H4,24,25,26)/t15?,16?,17-/m0/s1. The Labute approximate surface area is 187 Å². The van der Waals surface area contributed by atoms with E-state index in [1.54, 1.807) is 0 Å². The number of alkyl halides is 1. The van der Waals surface area contributed by atoms with Gasteiger partial charge in [0.15, 0.2) is 11.7 Å². The molecule has 1 fully saturated rings. The maximum Gasteiger partial charge on any atom is 0.243 e. The molecular weight excluding hydrogens is 420 g/mol. The highest BCUT2D eigenvalue weighted by Gasteiger charge is 2.37. The van der Waals surface area contributed by atoms with E-state index in [4.69, 9.17) is 28.5 Å². The lowest BCUT2D eigenvalue weighted by atomic mass is 10.0. The Hall–Kier alpha value is -2.65. The summed E-state index contributed by atoms with van der Waals surface area (Å²) < 4.78 is 0. The van der Waals surface area contributed by atoms with Gasteiger partial charge in [-0.25, -0.2) is 0 Å². The van der Waals surface area contributed by atoms with Crippen molar-refractivity contribution >= 4 is 35.2 Å². The van der Waals surface area contributed by atoms with Crippen molar-refractivity contribution in [3.63, 3.8) is 0 Å². The van der Waals surface area contributed by atoms with Crippen molar-refractivity contribution in [3.05, 3.63) is 35.9 Å². The molecule has 10 heteroatoms. The number of rotatable bonds is 11. The summed E-state index contributed by atoms with van der Waals surface area (Å²) in [5, 5.41) is 12.6. The number of guanidine groups is 1.